The van der Waals surface area contributed by atoms with Crippen molar-refractivity contribution in [2.45, 2.75) is 51.4 Å². The average Bonchev–Trinajstić information content (AvgIpc) is 2.97. The van der Waals surface area contributed by atoms with Crippen LogP contribution in [0.3, 0.4) is 0 Å². The molecule has 1 N–H and O–H groups in total. The largest absolute Gasteiger partial charge is 0.339 e. The van der Waals surface area contributed by atoms with E-state index in [4.69, 9.17) is 0 Å². The van der Waals surface area contributed by atoms with Crippen LogP contribution in [0.2, 0.25) is 0 Å². The van der Waals surface area contributed by atoms with Crippen LogP contribution in [0.1, 0.15) is 67.3 Å². The van der Waals surface area contributed by atoms with E-state index in [0.29, 0.717) is 12.5 Å². The number of piperidine rings is 1. The van der Waals surface area contributed by atoms with Gasteiger partial charge in [0.25, 0.3) is 5.91 Å². The monoisotopic (exact) mass is 357 g/mol. The maximum Gasteiger partial charge on any atom is 0.317 e. The van der Waals surface area contributed by atoms with E-state index in [9.17, 15) is 9.59 Å². The summed E-state index contributed by atoms with van der Waals surface area (Å²) in [6, 6.07) is 8.10. The minimum absolute atomic E-state index is 0.0222. The number of nitrogens with zero attached hydrogens (tertiary/aromatic N) is 2. The second kappa shape index (κ2) is 9.06. The summed E-state index contributed by atoms with van der Waals surface area (Å²) < 4.78 is 0. The van der Waals surface area contributed by atoms with Crippen molar-refractivity contribution in [3.8, 4) is 0 Å². The molecule has 3 rings (SSSR count). The molecule has 0 unspecified atom stereocenters. The molecule has 5 nitrogen and oxygen atoms in total. The lowest BCUT2D eigenvalue weighted by Crippen LogP contribution is -2.44. The van der Waals surface area contributed by atoms with Crippen molar-refractivity contribution >= 4 is 11.9 Å². The van der Waals surface area contributed by atoms with E-state index in [1.54, 1.807) is 0 Å². The van der Waals surface area contributed by atoms with Crippen LogP contribution in [-0.4, -0.2) is 54.5 Å². The van der Waals surface area contributed by atoms with Crippen LogP contribution >= 0.6 is 0 Å². The third-order valence-electron chi connectivity index (χ3n) is 5.53. The topological polar surface area (TPSA) is 52.7 Å². The van der Waals surface area contributed by atoms with Gasteiger partial charge in [-0.05, 0) is 50.3 Å². The normalized spacial score (nSPS) is 21.2. The molecule has 0 aromatic heterocycles. The fourth-order valence-electron chi connectivity index (χ4n) is 4.08. The Morgan fingerprint density at radius 3 is 2.50 bits per heavy atom. The number of carbonyl (C=O) groups is 2. The Labute approximate surface area is 156 Å². The Balaban J connectivity index is 1.70. The summed E-state index contributed by atoms with van der Waals surface area (Å²) in [6.07, 6.45) is 6.73. The van der Waals surface area contributed by atoms with Gasteiger partial charge >= 0.3 is 6.03 Å². The molecule has 0 aliphatic carbocycles. The predicted octanol–water partition coefficient (Wildman–Crippen LogP) is 3.61. The number of amides is 3. The van der Waals surface area contributed by atoms with Gasteiger partial charge in [0.2, 0.25) is 0 Å². The number of nitrogens with one attached hydrogen (secondary N) is 1. The maximum absolute atomic E-state index is 12.9. The summed E-state index contributed by atoms with van der Waals surface area (Å²) in [5.74, 6) is 0.466. The zero-order valence-corrected chi connectivity index (χ0v) is 15.9. The molecule has 2 fully saturated rings. The molecular weight excluding hydrogens is 326 g/mol. The maximum atomic E-state index is 12.9. The van der Waals surface area contributed by atoms with Crippen molar-refractivity contribution in [3.05, 3.63) is 35.4 Å². The number of urea groups is 1. The van der Waals surface area contributed by atoms with Gasteiger partial charge in [0.15, 0.2) is 0 Å². The van der Waals surface area contributed by atoms with Crippen molar-refractivity contribution in [2.75, 3.05) is 32.7 Å². The van der Waals surface area contributed by atoms with Gasteiger partial charge in [-0.1, -0.05) is 25.0 Å². The minimum atomic E-state index is 0.0222. The Morgan fingerprint density at radius 1 is 1.04 bits per heavy atom. The molecule has 142 valence electrons. The minimum Gasteiger partial charge on any atom is -0.339 e. The molecule has 0 saturated carbocycles. The number of rotatable bonds is 3. The lowest BCUT2D eigenvalue weighted by atomic mass is 9.89. The Bertz CT molecular complexity index is 623. The zero-order valence-electron chi connectivity index (χ0n) is 15.9. The highest BCUT2D eigenvalue weighted by atomic mass is 16.2. The van der Waals surface area contributed by atoms with Crippen molar-refractivity contribution in [1.82, 2.24) is 15.1 Å². The van der Waals surface area contributed by atoms with E-state index in [2.05, 4.69) is 17.4 Å². The van der Waals surface area contributed by atoms with Gasteiger partial charge in [-0.15, -0.1) is 0 Å². The smallest absolute Gasteiger partial charge is 0.317 e. The van der Waals surface area contributed by atoms with E-state index in [-0.39, 0.29) is 11.9 Å². The first-order valence-corrected chi connectivity index (χ1v) is 10.1. The number of likely N-dealkylation sites (tertiary alicyclic amines) is 2. The standard InChI is InChI=1S/C21H31N3O2/c1-2-22-21(26)24-14-8-11-19(16-24)17-9-7-10-18(15-17)20(25)23-12-5-3-4-6-13-23/h7,9-10,15,19H,2-6,8,11-14,16H2,1H3,(H,22,26)/t19-/m0/s1. The van der Waals surface area contributed by atoms with Crippen LogP contribution < -0.4 is 5.32 Å². The fourth-order valence-corrected chi connectivity index (χ4v) is 4.08. The molecule has 1 aromatic carbocycles. The first-order chi connectivity index (χ1) is 12.7. The summed E-state index contributed by atoms with van der Waals surface area (Å²) in [5, 5.41) is 2.89. The molecule has 2 heterocycles. The van der Waals surface area contributed by atoms with Gasteiger partial charge in [-0.3, -0.25) is 4.79 Å². The second-order valence-corrected chi connectivity index (χ2v) is 7.45. The average molecular weight is 357 g/mol. The fraction of sp³-hybridized carbons (Fsp3) is 0.619. The van der Waals surface area contributed by atoms with Gasteiger partial charge in [0.1, 0.15) is 0 Å². The van der Waals surface area contributed by atoms with Crippen molar-refractivity contribution in [1.29, 1.82) is 0 Å². The predicted molar refractivity (Wildman–Crippen MR) is 103 cm³/mol. The summed E-state index contributed by atoms with van der Waals surface area (Å²) in [7, 11) is 0. The molecule has 2 aliphatic rings. The molecule has 0 radical (unpaired) electrons. The van der Waals surface area contributed by atoms with E-state index in [1.807, 2.05) is 28.9 Å². The molecular formula is C21H31N3O2. The van der Waals surface area contributed by atoms with Crippen LogP contribution in [0.15, 0.2) is 24.3 Å². The van der Waals surface area contributed by atoms with Crippen LogP contribution in [0.5, 0.6) is 0 Å². The van der Waals surface area contributed by atoms with Crippen molar-refractivity contribution < 1.29 is 9.59 Å². The van der Waals surface area contributed by atoms with Gasteiger partial charge in [-0.2, -0.15) is 0 Å². The molecule has 1 aromatic rings. The third kappa shape index (κ3) is 4.57. The quantitative estimate of drug-likeness (QED) is 0.898. The van der Waals surface area contributed by atoms with Crippen LogP contribution in [0.25, 0.3) is 0 Å². The number of hydrogen-bond acceptors (Lipinski definition) is 2. The van der Waals surface area contributed by atoms with Crippen molar-refractivity contribution in [2.24, 2.45) is 0 Å². The molecule has 2 aliphatic heterocycles. The van der Waals surface area contributed by atoms with Gasteiger partial charge in [0, 0.05) is 44.2 Å². The van der Waals surface area contributed by atoms with Crippen LogP contribution in [-0.2, 0) is 0 Å². The SMILES string of the molecule is CCNC(=O)N1CCC[C@H](c2cccc(C(=O)N3CCCCCC3)c2)C1. The Kier molecular flexibility index (Phi) is 6.53. The summed E-state index contributed by atoms with van der Waals surface area (Å²) >= 11 is 0. The molecule has 5 heteroatoms. The molecule has 2 saturated heterocycles. The van der Waals surface area contributed by atoms with Gasteiger partial charge < -0.3 is 15.1 Å². The second-order valence-electron chi connectivity index (χ2n) is 7.45. The molecule has 1 atom stereocenters. The van der Waals surface area contributed by atoms with Crippen molar-refractivity contribution in [3.63, 3.8) is 0 Å². The van der Waals surface area contributed by atoms with E-state index < -0.39 is 0 Å². The first kappa shape index (κ1) is 18.7. The van der Waals surface area contributed by atoms with Gasteiger partial charge in [0.05, 0.1) is 0 Å². The summed E-state index contributed by atoms with van der Waals surface area (Å²) in [6.45, 7) is 5.88. The summed E-state index contributed by atoms with van der Waals surface area (Å²) in [5.41, 5.74) is 1.97. The highest BCUT2D eigenvalue weighted by Crippen LogP contribution is 2.28. The number of benzene rings is 1. The van der Waals surface area contributed by atoms with E-state index in [1.165, 1.54) is 18.4 Å². The Hall–Kier alpha value is -2.04. The zero-order chi connectivity index (χ0) is 18.4. The van der Waals surface area contributed by atoms with Crippen LogP contribution in [0, 0.1) is 0 Å². The van der Waals surface area contributed by atoms with E-state index >= 15 is 0 Å². The lowest BCUT2D eigenvalue weighted by Gasteiger charge is -2.33. The molecule has 0 bridgehead atoms. The molecule has 3 amide bonds. The van der Waals surface area contributed by atoms with Gasteiger partial charge in [-0.25, -0.2) is 4.79 Å². The lowest BCUT2D eigenvalue weighted by molar-refractivity contribution is 0.0761. The highest BCUT2D eigenvalue weighted by Gasteiger charge is 2.25. The highest BCUT2D eigenvalue weighted by molar-refractivity contribution is 5.94. The molecule has 0 spiro atoms. The third-order valence-corrected chi connectivity index (χ3v) is 5.53. The first-order valence-electron chi connectivity index (χ1n) is 10.1. The summed E-state index contributed by atoms with van der Waals surface area (Å²) in [4.78, 5) is 29.0. The molecule has 26 heavy (non-hydrogen) atoms. The van der Waals surface area contributed by atoms with E-state index in [0.717, 1.165) is 57.4 Å². The number of carbonyl (C=O) groups excluding carboxylic acids is 2. The Morgan fingerprint density at radius 2 is 1.77 bits per heavy atom. The number of hydrogen-bond donors (Lipinski definition) is 1. The van der Waals surface area contributed by atoms with Crippen LogP contribution in [0.4, 0.5) is 4.79 Å².